The monoisotopic (exact) mass is 963 g/mol. The van der Waals surface area contributed by atoms with Crippen LogP contribution in [0.1, 0.15) is 290 Å². The molecule has 0 atom stereocenters. The number of unbranched alkanes of at least 4 members (excludes halogenated alkanes) is 39. The molecule has 0 aliphatic heterocycles. The van der Waals surface area contributed by atoms with Crippen molar-refractivity contribution in [3.8, 4) is 0 Å². The second-order valence-corrected chi connectivity index (χ2v) is 16.6. The van der Waals surface area contributed by atoms with Crippen LogP contribution in [0.5, 0.6) is 0 Å². The summed E-state index contributed by atoms with van der Waals surface area (Å²) in [5.41, 5.74) is 0. The maximum Gasteiger partial charge on any atom is 2.00 e. The third-order valence-corrected chi connectivity index (χ3v) is 10.1. The van der Waals surface area contributed by atoms with Gasteiger partial charge in [-0.05, 0) is 0 Å². The zero-order valence-corrected chi connectivity index (χ0v) is 48.8. The van der Waals surface area contributed by atoms with Gasteiger partial charge in [-0.1, -0.05) is 271 Å². The van der Waals surface area contributed by atoms with Gasteiger partial charge in [-0.25, -0.2) is 0 Å². The Labute approximate surface area is 393 Å². The second kappa shape index (κ2) is 71.5. The van der Waals surface area contributed by atoms with Crippen LogP contribution in [0.15, 0.2) is 0 Å². The summed E-state index contributed by atoms with van der Waals surface area (Å²) < 4.78 is 8.55. The van der Waals surface area contributed by atoms with Gasteiger partial charge >= 0.3 is 58.4 Å². The Morgan fingerprint density at radius 2 is 0.357 bits per heavy atom. The van der Waals surface area contributed by atoms with Crippen molar-refractivity contribution in [2.24, 2.45) is 0 Å². The molecule has 56 heavy (non-hydrogen) atoms. The molecule has 0 amide bonds. The summed E-state index contributed by atoms with van der Waals surface area (Å²) in [6.07, 6.45) is 59.5. The standard InChI is InChI=1S/3C16H33.H3O4P.3Zn/c3*1-3-5-7-9-11-13-15-16-14-12-10-8-6-4-2;1-5(2,3)4;;;/h3*1,3-16H2,2H3;(H3,1,2,3,4);;;/q3*-1;;3*+2/p-3. The molecule has 0 heterocycles. The summed E-state index contributed by atoms with van der Waals surface area (Å²) in [5, 5.41) is 0. The average Bonchev–Trinajstić information content (AvgIpc) is 3.13. The van der Waals surface area contributed by atoms with E-state index < -0.39 is 7.82 Å². The molecule has 0 saturated heterocycles. The van der Waals surface area contributed by atoms with Crippen LogP contribution in [0.3, 0.4) is 0 Å². The molecular weight excluding hydrogens is 868 g/mol. The van der Waals surface area contributed by atoms with Crippen molar-refractivity contribution in [1.29, 1.82) is 0 Å². The van der Waals surface area contributed by atoms with Crippen LogP contribution in [0.4, 0.5) is 0 Å². The van der Waals surface area contributed by atoms with Crippen LogP contribution in [0.2, 0.25) is 0 Å². The van der Waals surface area contributed by atoms with Gasteiger partial charge < -0.3 is 40.0 Å². The van der Waals surface area contributed by atoms with Gasteiger partial charge in [0.05, 0.1) is 0 Å². The van der Waals surface area contributed by atoms with Crippen LogP contribution in [0, 0.1) is 20.8 Å². The van der Waals surface area contributed by atoms with Crippen LogP contribution < -0.4 is 14.7 Å². The zero-order chi connectivity index (χ0) is 40.2. The third kappa shape index (κ3) is 101. The molecule has 0 bridgehead atoms. The van der Waals surface area contributed by atoms with E-state index in [1.54, 1.807) is 0 Å². The molecule has 0 fully saturated rings. The summed E-state index contributed by atoms with van der Waals surface area (Å²) in [5.74, 6) is 0. The molecule has 0 unspecified atom stereocenters. The molecule has 326 valence electrons. The first kappa shape index (κ1) is 72.4. The Morgan fingerprint density at radius 3 is 0.446 bits per heavy atom. The minimum Gasteiger partial charge on any atom is -0.822 e. The Hall–Kier alpha value is 1.98. The van der Waals surface area contributed by atoms with Gasteiger partial charge in [0.2, 0.25) is 0 Å². The molecular formula is C48H99O4PZn3. The average molecular weight is 967 g/mol. The van der Waals surface area contributed by atoms with Crippen LogP contribution >= 0.6 is 7.82 Å². The van der Waals surface area contributed by atoms with Gasteiger partial charge in [-0.15, -0.1) is 0 Å². The number of hydrogen-bond acceptors (Lipinski definition) is 4. The Balaban J connectivity index is -0.000000118. The van der Waals surface area contributed by atoms with E-state index in [-0.39, 0.29) is 58.4 Å². The number of rotatable bonds is 39. The summed E-state index contributed by atoms with van der Waals surface area (Å²) in [4.78, 5) is 25.6. The van der Waals surface area contributed by atoms with E-state index >= 15 is 0 Å². The van der Waals surface area contributed by atoms with E-state index in [2.05, 4.69) is 41.5 Å². The summed E-state index contributed by atoms with van der Waals surface area (Å²) in [6, 6.07) is 0. The maximum absolute atomic E-state index is 8.55. The molecule has 0 N–H and O–H groups in total. The number of phosphoric acid groups is 1. The minimum atomic E-state index is -5.39. The summed E-state index contributed by atoms with van der Waals surface area (Å²) in [7, 11) is -5.39. The van der Waals surface area contributed by atoms with E-state index in [9.17, 15) is 0 Å². The van der Waals surface area contributed by atoms with E-state index in [1.807, 2.05) is 0 Å². The topological polar surface area (TPSA) is 86.2 Å². The molecule has 0 aromatic carbocycles. The van der Waals surface area contributed by atoms with E-state index in [1.165, 1.54) is 250 Å². The Bertz CT molecular complexity index is 508. The summed E-state index contributed by atoms with van der Waals surface area (Å²) >= 11 is 0. The van der Waals surface area contributed by atoms with Crippen molar-refractivity contribution < 1.29 is 77.7 Å². The van der Waals surface area contributed by atoms with Gasteiger partial charge in [0.25, 0.3) is 0 Å². The van der Waals surface area contributed by atoms with Gasteiger partial charge in [-0.3, -0.25) is 0 Å². The zero-order valence-electron chi connectivity index (χ0n) is 39.0. The molecule has 0 aromatic heterocycles. The first-order chi connectivity index (χ1) is 25.7. The van der Waals surface area contributed by atoms with Gasteiger partial charge in [-0.2, -0.15) is 27.1 Å². The van der Waals surface area contributed by atoms with E-state index in [4.69, 9.17) is 19.2 Å². The molecule has 0 aliphatic carbocycles. The van der Waals surface area contributed by atoms with Crippen molar-refractivity contribution in [1.82, 2.24) is 0 Å². The molecule has 0 spiro atoms. The largest absolute Gasteiger partial charge is 2.00 e. The first-order valence-corrected chi connectivity index (χ1v) is 25.3. The van der Waals surface area contributed by atoms with E-state index in [0.717, 1.165) is 19.3 Å². The SMILES string of the molecule is O=P([O-])([O-])[O-].[CH2-]CCCCCCCCCCCCCCC.[CH2-]CCCCCCCCCCCCCCC.[CH2-]CCCCCCCCCCCCCCC.[Zn+2].[Zn+2].[Zn+2]. The molecule has 8 heteroatoms. The fourth-order valence-electron chi connectivity index (χ4n) is 6.58. The Kier molecular flexibility index (Phi) is 92.5. The predicted octanol–water partition coefficient (Wildman–Crippen LogP) is 16.1. The first-order valence-electron chi connectivity index (χ1n) is 23.9. The second-order valence-electron chi connectivity index (χ2n) is 15.7. The van der Waals surface area contributed by atoms with Crippen LogP contribution in [0.25, 0.3) is 0 Å². The van der Waals surface area contributed by atoms with Gasteiger partial charge in [0.1, 0.15) is 0 Å². The van der Waals surface area contributed by atoms with E-state index in [0.29, 0.717) is 0 Å². The smallest absolute Gasteiger partial charge is 0.822 e. The fraction of sp³-hybridized carbons (Fsp3) is 0.938. The molecule has 0 aromatic rings. The maximum atomic E-state index is 8.55. The van der Waals surface area contributed by atoms with Crippen molar-refractivity contribution in [2.45, 2.75) is 290 Å². The van der Waals surface area contributed by atoms with Crippen molar-refractivity contribution in [3.63, 3.8) is 0 Å². The molecule has 0 aliphatic rings. The van der Waals surface area contributed by atoms with Crippen molar-refractivity contribution in [2.75, 3.05) is 0 Å². The summed E-state index contributed by atoms with van der Waals surface area (Å²) in [6.45, 7) is 18.5. The van der Waals surface area contributed by atoms with Crippen LogP contribution in [-0.4, -0.2) is 0 Å². The molecule has 4 nitrogen and oxygen atoms in total. The molecule has 0 radical (unpaired) electrons. The van der Waals surface area contributed by atoms with Crippen LogP contribution in [-0.2, 0) is 63.0 Å². The minimum absolute atomic E-state index is 0. The predicted molar refractivity (Wildman–Crippen MR) is 235 cm³/mol. The Morgan fingerprint density at radius 1 is 0.268 bits per heavy atom. The quantitative estimate of drug-likeness (QED) is 0.0266. The van der Waals surface area contributed by atoms with Crippen molar-refractivity contribution >= 4 is 7.82 Å². The van der Waals surface area contributed by atoms with Gasteiger partial charge in [0.15, 0.2) is 0 Å². The van der Waals surface area contributed by atoms with Gasteiger partial charge in [0, 0.05) is 0 Å². The fourth-order valence-corrected chi connectivity index (χ4v) is 6.58. The number of hydrogen-bond donors (Lipinski definition) is 0. The molecule has 0 rings (SSSR count). The third-order valence-electron chi connectivity index (χ3n) is 10.1. The van der Waals surface area contributed by atoms with Crippen molar-refractivity contribution in [3.05, 3.63) is 20.8 Å². The molecule has 0 saturated carbocycles. The normalized spacial score (nSPS) is 10.4.